The van der Waals surface area contributed by atoms with Crippen LogP contribution in [-0.2, 0) is 4.79 Å². The summed E-state index contributed by atoms with van der Waals surface area (Å²) in [7, 11) is 0. The number of allylic oxidation sites excluding steroid dienone is 1. The monoisotopic (exact) mass is 234 g/mol. The molecule has 17 heavy (non-hydrogen) atoms. The average molecular weight is 234 g/mol. The van der Waals surface area contributed by atoms with Gasteiger partial charge in [-0.25, -0.2) is 0 Å². The smallest absolute Gasteiger partial charge is 0.145 e. The van der Waals surface area contributed by atoms with Gasteiger partial charge in [0.2, 0.25) is 0 Å². The summed E-state index contributed by atoms with van der Waals surface area (Å²) in [5.74, 6) is 0.634. The van der Waals surface area contributed by atoms with Gasteiger partial charge in [-0.3, -0.25) is 4.79 Å². The summed E-state index contributed by atoms with van der Waals surface area (Å²) in [5.41, 5.74) is 1.96. The lowest BCUT2D eigenvalue weighted by Crippen LogP contribution is -2.42. The minimum Gasteiger partial charge on any atom is -0.389 e. The Labute approximate surface area is 103 Å². The lowest BCUT2D eigenvalue weighted by Gasteiger charge is -2.50. The summed E-state index contributed by atoms with van der Waals surface area (Å²) >= 11 is 0. The molecular weight excluding hydrogens is 212 g/mol. The molecule has 0 aromatic carbocycles. The van der Waals surface area contributed by atoms with Gasteiger partial charge in [-0.2, -0.15) is 0 Å². The second-order valence-electron chi connectivity index (χ2n) is 6.00. The summed E-state index contributed by atoms with van der Waals surface area (Å²) in [5, 5.41) is 9.92. The van der Waals surface area contributed by atoms with Gasteiger partial charge in [-0.05, 0) is 60.5 Å². The molecule has 0 spiro atoms. The summed E-state index contributed by atoms with van der Waals surface area (Å²) in [4.78, 5) is 10.8. The van der Waals surface area contributed by atoms with Crippen molar-refractivity contribution >= 4 is 6.29 Å². The maximum Gasteiger partial charge on any atom is 0.145 e. The fourth-order valence-corrected chi connectivity index (χ4v) is 3.58. The van der Waals surface area contributed by atoms with Crippen molar-refractivity contribution in [1.29, 1.82) is 0 Å². The highest BCUT2D eigenvalue weighted by Gasteiger charge is 2.45. The number of fused-ring (bicyclic) bond motifs is 1. The summed E-state index contributed by atoms with van der Waals surface area (Å²) in [6.07, 6.45) is 5.54. The minimum absolute atomic E-state index is 0.274. The molecule has 0 aliphatic heterocycles. The Morgan fingerprint density at radius 3 is 2.76 bits per heavy atom. The standard InChI is InChI=1S/C15H22O2/c1-10(9-16)12-4-6-15(3)7-5-14(17)11(2)13(15)8-12/h9,12-14,17H,1-2,4-8H2,3H3/t12-,13+,14-,15+/m1/s1. The number of carbonyl (C=O) groups is 1. The van der Waals surface area contributed by atoms with Crippen LogP contribution in [0, 0.1) is 17.3 Å². The Morgan fingerprint density at radius 1 is 1.47 bits per heavy atom. The number of hydrogen-bond acceptors (Lipinski definition) is 2. The molecule has 1 N–H and O–H groups in total. The van der Waals surface area contributed by atoms with Gasteiger partial charge >= 0.3 is 0 Å². The Bertz CT molecular complexity index is 358. The molecule has 0 saturated heterocycles. The van der Waals surface area contributed by atoms with Gasteiger partial charge in [0.25, 0.3) is 0 Å². The van der Waals surface area contributed by atoms with Crippen LogP contribution >= 0.6 is 0 Å². The number of hydrogen-bond donors (Lipinski definition) is 1. The van der Waals surface area contributed by atoms with E-state index in [0.29, 0.717) is 11.5 Å². The molecule has 0 bridgehead atoms. The van der Waals surface area contributed by atoms with Crippen molar-refractivity contribution in [2.24, 2.45) is 17.3 Å². The normalized spacial score (nSPS) is 41.8. The SMILES string of the molecule is C=C(C=O)[C@@H]1CC[C@@]2(C)CC[C@@H](O)C(=C)[C@@H]2C1. The largest absolute Gasteiger partial charge is 0.389 e. The molecule has 2 fully saturated rings. The highest BCUT2D eigenvalue weighted by molar-refractivity contribution is 5.72. The second kappa shape index (κ2) is 4.41. The van der Waals surface area contributed by atoms with Crippen LogP contribution < -0.4 is 0 Å². The quantitative estimate of drug-likeness (QED) is 0.453. The van der Waals surface area contributed by atoms with Gasteiger partial charge in [0, 0.05) is 0 Å². The molecule has 0 radical (unpaired) electrons. The van der Waals surface area contributed by atoms with Gasteiger partial charge in [0.1, 0.15) is 6.29 Å². The molecule has 2 aliphatic rings. The number of aldehydes is 1. The first kappa shape index (κ1) is 12.6. The van der Waals surface area contributed by atoms with E-state index in [-0.39, 0.29) is 17.4 Å². The first-order valence-corrected chi connectivity index (χ1v) is 6.48. The number of aliphatic hydroxyl groups is 1. The molecule has 0 heterocycles. The molecule has 0 aromatic rings. The fourth-order valence-electron chi connectivity index (χ4n) is 3.58. The molecule has 4 atom stereocenters. The lowest BCUT2D eigenvalue weighted by molar-refractivity contribution is -0.105. The minimum atomic E-state index is -0.351. The van der Waals surface area contributed by atoms with Crippen molar-refractivity contribution in [3.8, 4) is 0 Å². The average Bonchev–Trinajstić information content (AvgIpc) is 2.33. The van der Waals surface area contributed by atoms with E-state index in [1.807, 2.05) is 0 Å². The molecule has 2 saturated carbocycles. The van der Waals surface area contributed by atoms with Crippen LogP contribution in [0.1, 0.15) is 39.0 Å². The summed E-state index contributed by atoms with van der Waals surface area (Å²) in [6, 6.07) is 0. The Kier molecular flexibility index (Phi) is 3.26. The number of aliphatic hydroxyl groups excluding tert-OH is 1. The molecule has 0 unspecified atom stereocenters. The van der Waals surface area contributed by atoms with Crippen molar-refractivity contribution < 1.29 is 9.90 Å². The van der Waals surface area contributed by atoms with Crippen LogP contribution in [0.15, 0.2) is 24.3 Å². The van der Waals surface area contributed by atoms with Gasteiger partial charge < -0.3 is 5.11 Å². The Morgan fingerprint density at radius 2 is 2.12 bits per heavy atom. The molecule has 2 nitrogen and oxygen atoms in total. The van der Waals surface area contributed by atoms with Crippen molar-refractivity contribution in [2.45, 2.75) is 45.1 Å². The molecule has 0 amide bonds. The summed E-state index contributed by atoms with van der Waals surface area (Å²) < 4.78 is 0. The van der Waals surface area contributed by atoms with Crippen LogP contribution in [0.25, 0.3) is 0 Å². The van der Waals surface area contributed by atoms with E-state index in [1.54, 1.807) is 0 Å². The lowest BCUT2D eigenvalue weighted by atomic mass is 9.56. The summed E-state index contributed by atoms with van der Waals surface area (Å²) in [6.45, 7) is 10.2. The van der Waals surface area contributed by atoms with E-state index in [1.165, 1.54) is 0 Å². The number of rotatable bonds is 2. The fraction of sp³-hybridized carbons (Fsp3) is 0.667. The van der Waals surface area contributed by atoms with Gasteiger partial charge in [0.05, 0.1) is 6.10 Å². The third-order valence-corrected chi connectivity index (χ3v) is 4.97. The van der Waals surface area contributed by atoms with E-state index in [0.717, 1.165) is 44.0 Å². The predicted molar refractivity (Wildman–Crippen MR) is 68.5 cm³/mol. The second-order valence-corrected chi connectivity index (χ2v) is 6.00. The molecule has 94 valence electrons. The molecule has 2 aliphatic carbocycles. The van der Waals surface area contributed by atoms with Gasteiger partial charge in [0.15, 0.2) is 0 Å². The first-order chi connectivity index (χ1) is 7.98. The molecule has 2 heteroatoms. The van der Waals surface area contributed by atoms with Crippen LogP contribution in [0.5, 0.6) is 0 Å². The predicted octanol–water partition coefficient (Wildman–Crippen LogP) is 2.88. The molecule has 2 rings (SSSR count). The highest BCUT2D eigenvalue weighted by Crippen LogP contribution is 2.54. The van der Waals surface area contributed by atoms with Crippen molar-refractivity contribution in [1.82, 2.24) is 0 Å². The maximum atomic E-state index is 10.8. The van der Waals surface area contributed by atoms with Crippen LogP contribution in [0.3, 0.4) is 0 Å². The zero-order valence-electron chi connectivity index (χ0n) is 10.6. The zero-order valence-corrected chi connectivity index (χ0v) is 10.6. The van der Waals surface area contributed by atoms with Crippen molar-refractivity contribution in [3.05, 3.63) is 24.3 Å². The highest BCUT2D eigenvalue weighted by atomic mass is 16.3. The van der Waals surface area contributed by atoms with Crippen LogP contribution in [0.2, 0.25) is 0 Å². The topological polar surface area (TPSA) is 37.3 Å². The first-order valence-electron chi connectivity index (χ1n) is 6.48. The zero-order chi connectivity index (χ0) is 12.6. The van der Waals surface area contributed by atoms with Crippen molar-refractivity contribution in [2.75, 3.05) is 0 Å². The van der Waals surface area contributed by atoms with Crippen LogP contribution in [0.4, 0.5) is 0 Å². The van der Waals surface area contributed by atoms with E-state index in [2.05, 4.69) is 20.1 Å². The van der Waals surface area contributed by atoms with E-state index < -0.39 is 0 Å². The van der Waals surface area contributed by atoms with Crippen LogP contribution in [-0.4, -0.2) is 17.5 Å². The van der Waals surface area contributed by atoms with Crippen molar-refractivity contribution in [3.63, 3.8) is 0 Å². The van der Waals surface area contributed by atoms with E-state index in [4.69, 9.17) is 0 Å². The Balaban J connectivity index is 2.18. The molecule has 0 aromatic heterocycles. The maximum absolute atomic E-state index is 10.8. The third-order valence-electron chi connectivity index (χ3n) is 4.97. The molecular formula is C15H22O2. The number of carbonyl (C=O) groups excluding carboxylic acids is 1. The van der Waals surface area contributed by atoms with Gasteiger partial charge in [-0.15, -0.1) is 0 Å². The third kappa shape index (κ3) is 2.11. The van der Waals surface area contributed by atoms with E-state index in [9.17, 15) is 9.90 Å². The van der Waals surface area contributed by atoms with E-state index >= 15 is 0 Å². The van der Waals surface area contributed by atoms with Gasteiger partial charge in [-0.1, -0.05) is 20.1 Å². The Hall–Kier alpha value is -0.890.